The summed E-state index contributed by atoms with van der Waals surface area (Å²) in [7, 11) is 1.42. The molecular weight excluding hydrogens is 252 g/mol. The third-order valence-electron chi connectivity index (χ3n) is 3.34. The van der Waals surface area contributed by atoms with Gasteiger partial charge in [-0.05, 0) is 37.6 Å². The highest BCUT2D eigenvalue weighted by molar-refractivity contribution is 5.78. The Morgan fingerprint density at radius 1 is 1.35 bits per heavy atom. The lowest BCUT2D eigenvalue weighted by Crippen LogP contribution is -2.35. The maximum Gasteiger partial charge on any atom is 0.319 e. The van der Waals surface area contributed by atoms with E-state index in [9.17, 15) is 4.79 Å². The van der Waals surface area contributed by atoms with Crippen LogP contribution in [0.2, 0.25) is 0 Å². The van der Waals surface area contributed by atoms with Crippen LogP contribution in [-0.4, -0.2) is 35.5 Å². The lowest BCUT2D eigenvalue weighted by molar-refractivity contribution is -0.142. The monoisotopic (exact) mass is 272 g/mol. The van der Waals surface area contributed by atoms with Gasteiger partial charge in [0, 0.05) is 24.2 Å². The van der Waals surface area contributed by atoms with Crippen LogP contribution in [0.3, 0.4) is 0 Å². The van der Waals surface area contributed by atoms with Crippen molar-refractivity contribution in [2.75, 3.05) is 13.7 Å². The van der Waals surface area contributed by atoms with Gasteiger partial charge in [0.1, 0.15) is 0 Å². The molecule has 1 aromatic heterocycles. The van der Waals surface area contributed by atoms with Gasteiger partial charge in [-0.15, -0.1) is 0 Å². The molecule has 1 aromatic carbocycles. The summed E-state index contributed by atoms with van der Waals surface area (Å²) in [4.78, 5) is 17.9. The molecule has 0 amide bonds. The second-order valence-electron chi connectivity index (χ2n) is 5.11. The van der Waals surface area contributed by atoms with Crippen molar-refractivity contribution in [2.45, 2.75) is 26.4 Å². The van der Waals surface area contributed by atoms with Crippen LogP contribution >= 0.6 is 0 Å². The van der Waals surface area contributed by atoms with Crippen LogP contribution in [0.4, 0.5) is 0 Å². The van der Waals surface area contributed by atoms with E-state index in [1.54, 1.807) is 6.20 Å². The van der Waals surface area contributed by atoms with Crippen LogP contribution in [0.15, 0.2) is 36.5 Å². The molecule has 0 aliphatic carbocycles. The van der Waals surface area contributed by atoms with E-state index in [2.05, 4.69) is 35.9 Å². The number of methoxy groups -OCH3 is 1. The predicted molar refractivity (Wildman–Crippen MR) is 79.3 cm³/mol. The number of hydrogen-bond acceptors (Lipinski definition) is 4. The van der Waals surface area contributed by atoms with Gasteiger partial charge in [-0.2, -0.15) is 0 Å². The van der Waals surface area contributed by atoms with E-state index >= 15 is 0 Å². The van der Waals surface area contributed by atoms with Gasteiger partial charge >= 0.3 is 5.97 Å². The number of ether oxygens (including phenoxy) is 1. The van der Waals surface area contributed by atoms with Gasteiger partial charge in [0.2, 0.25) is 0 Å². The van der Waals surface area contributed by atoms with Gasteiger partial charge in [-0.25, -0.2) is 0 Å². The molecule has 0 fully saturated rings. The van der Waals surface area contributed by atoms with Crippen LogP contribution in [0.5, 0.6) is 0 Å². The van der Waals surface area contributed by atoms with Crippen molar-refractivity contribution in [2.24, 2.45) is 0 Å². The Hall–Kier alpha value is -1.94. The minimum Gasteiger partial charge on any atom is -0.468 e. The van der Waals surface area contributed by atoms with E-state index in [0.717, 1.165) is 17.4 Å². The second-order valence-corrected chi connectivity index (χ2v) is 5.11. The molecule has 0 radical (unpaired) electrons. The van der Waals surface area contributed by atoms with Crippen molar-refractivity contribution < 1.29 is 9.53 Å². The Labute approximate surface area is 119 Å². The van der Waals surface area contributed by atoms with Crippen molar-refractivity contribution in [1.82, 2.24) is 9.88 Å². The first-order valence-electron chi connectivity index (χ1n) is 6.74. The fourth-order valence-corrected chi connectivity index (χ4v) is 2.11. The topological polar surface area (TPSA) is 42.4 Å². The van der Waals surface area contributed by atoms with Crippen LogP contribution in [-0.2, 0) is 16.1 Å². The Bertz CT molecular complexity index is 596. The molecule has 0 saturated carbocycles. The fourth-order valence-electron chi connectivity index (χ4n) is 2.11. The highest BCUT2D eigenvalue weighted by atomic mass is 16.5. The quantitative estimate of drug-likeness (QED) is 0.785. The lowest BCUT2D eigenvalue weighted by atomic mass is 10.1. The van der Waals surface area contributed by atoms with E-state index in [1.165, 1.54) is 12.7 Å². The zero-order chi connectivity index (χ0) is 14.5. The van der Waals surface area contributed by atoms with Crippen LogP contribution in [0.25, 0.3) is 10.9 Å². The van der Waals surface area contributed by atoms with E-state index in [-0.39, 0.29) is 12.0 Å². The second kappa shape index (κ2) is 6.48. The number of rotatable bonds is 5. The highest BCUT2D eigenvalue weighted by Gasteiger charge is 2.14. The molecule has 0 aliphatic heterocycles. The summed E-state index contributed by atoms with van der Waals surface area (Å²) >= 11 is 0. The smallest absolute Gasteiger partial charge is 0.319 e. The standard InChI is InChI=1S/C16H20N2O2/c1-12(2)18(11-16(19)20-3)10-13-6-7-15-14(9-13)5-4-8-17-15/h4-9,12H,10-11H2,1-3H3. The molecule has 2 rings (SSSR count). The normalized spacial score (nSPS) is 11.2. The van der Waals surface area contributed by atoms with Crippen LogP contribution in [0.1, 0.15) is 19.4 Å². The first kappa shape index (κ1) is 14.5. The number of hydrogen-bond donors (Lipinski definition) is 0. The summed E-state index contributed by atoms with van der Waals surface area (Å²) in [5, 5.41) is 1.12. The van der Waals surface area contributed by atoms with Gasteiger partial charge in [0.15, 0.2) is 0 Å². The summed E-state index contributed by atoms with van der Waals surface area (Å²) < 4.78 is 4.75. The number of nitrogens with zero attached hydrogens (tertiary/aromatic N) is 2. The Balaban J connectivity index is 2.17. The molecule has 4 nitrogen and oxygen atoms in total. The Morgan fingerprint density at radius 2 is 2.15 bits per heavy atom. The number of aromatic nitrogens is 1. The first-order chi connectivity index (χ1) is 9.60. The lowest BCUT2D eigenvalue weighted by Gasteiger charge is -2.25. The van der Waals surface area contributed by atoms with E-state index in [0.29, 0.717) is 6.54 Å². The van der Waals surface area contributed by atoms with Crippen molar-refractivity contribution in [3.05, 3.63) is 42.1 Å². The fraction of sp³-hybridized carbons (Fsp3) is 0.375. The van der Waals surface area contributed by atoms with Crippen LogP contribution < -0.4 is 0 Å². The van der Waals surface area contributed by atoms with Crippen molar-refractivity contribution >= 4 is 16.9 Å². The number of carbonyl (C=O) groups excluding carboxylic acids is 1. The zero-order valence-corrected chi connectivity index (χ0v) is 12.2. The Kier molecular flexibility index (Phi) is 4.69. The van der Waals surface area contributed by atoms with Gasteiger partial charge in [-0.3, -0.25) is 14.7 Å². The van der Waals surface area contributed by atoms with Crippen molar-refractivity contribution in [3.8, 4) is 0 Å². The zero-order valence-electron chi connectivity index (χ0n) is 12.2. The molecule has 1 heterocycles. The third-order valence-corrected chi connectivity index (χ3v) is 3.34. The summed E-state index contributed by atoms with van der Waals surface area (Å²) in [6, 6.07) is 10.4. The average Bonchev–Trinajstić information content (AvgIpc) is 2.46. The maximum atomic E-state index is 11.5. The highest BCUT2D eigenvalue weighted by Crippen LogP contribution is 2.16. The minimum atomic E-state index is -0.207. The van der Waals surface area contributed by atoms with E-state index in [4.69, 9.17) is 4.74 Å². The molecule has 0 atom stereocenters. The summed E-state index contributed by atoms with van der Waals surface area (Å²) in [6.45, 7) is 5.17. The molecule has 0 aliphatic rings. The Morgan fingerprint density at radius 3 is 2.85 bits per heavy atom. The molecular formula is C16H20N2O2. The van der Waals surface area contributed by atoms with Gasteiger partial charge in [-0.1, -0.05) is 12.1 Å². The molecule has 0 N–H and O–H groups in total. The predicted octanol–water partition coefficient (Wildman–Crippen LogP) is 2.62. The molecule has 20 heavy (non-hydrogen) atoms. The van der Waals surface area contributed by atoms with Gasteiger partial charge < -0.3 is 4.74 Å². The maximum absolute atomic E-state index is 11.5. The van der Waals surface area contributed by atoms with E-state index in [1.807, 2.05) is 18.2 Å². The number of esters is 1. The number of fused-ring (bicyclic) bond motifs is 1. The number of pyridine rings is 1. The number of carbonyl (C=O) groups is 1. The van der Waals surface area contributed by atoms with E-state index < -0.39 is 0 Å². The van der Waals surface area contributed by atoms with Gasteiger partial charge in [0.05, 0.1) is 19.2 Å². The molecule has 2 aromatic rings. The van der Waals surface area contributed by atoms with Crippen molar-refractivity contribution in [1.29, 1.82) is 0 Å². The molecule has 0 spiro atoms. The third kappa shape index (κ3) is 3.54. The molecule has 0 saturated heterocycles. The first-order valence-corrected chi connectivity index (χ1v) is 6.74. The van der Waals surface area contributed by atoms with Crippen LogP contribution in [0, 0.1) is 0 Å². The van der Waals surface area contributed by atoms with Gasteiger partial charge in [0.25, 0.3) is 0 Å². The SMILES string of the molecule is COC(=O)CN(Cc1ccc2ncccc2c1)C(C)C. The molecule has 0 bridgehead atoms. The largest absolute Gasteiger partial charge is 0.468 e. The molecule has 106 valence electrons. The summed E-state index contributed by atoms with van der Waals surface area (Å²) in [6.07, 6.45) is 1.79. The number of benzene rings is 1. The molecule has 0 unspecified atom stereocenters. The molecule has 4 heteroatoms. The van der Waals surface area contributed by atoms with Crippen molar-refractivity contribution in [3.63, 3.8) is 0 Å². The minimum absolute atomic E-state index is 0.207. The summed E-state index contributed by atoms with van der Waals surface area (Å²) in [5.74, 6) is -0.207. The summed E-state index contributed by atoms with van der Waals surface area (Å²) in [5.41, 5.74) is 2.16. The average molecular weight is 272 g/mol.